The molecule has 3 nitrogen and oxygen atoms in total. The smallest absolute Gasteiger partial charge is 0.195 e. The van der Waals surface area contributed by atoms with E-state index in [4.69, 9.17) is 9.47 Å². The molecule has 0 aliphatic heterocycles. The fourth-order valence-corrected chi connectivity index (χ4v) is 4.95. The maximum atomic E-state index is 13.4. The van der Waals surface area contributed by atoms with Crippen LogP contribution in [0, 0.1) is 0 Å². The van der Waals surface area contributed by atoms with Gasteiger partial charge in [-0.1, -0.05) is 60.7 Å². The zero-order chi connectivity index (χ0) is 24.2. The van der Waals surface area contributed by atoms with E-state index in [9.17, 15) is 4.79 Å². The minimum absolute atomic E-state index is 0.0631. The lowest BCUT2D eigenvalue weighted by atomic mass is 10.1. The summed E-state index contributed by atoms with van der Waals surface area (Å²) in [5.41, 5.74) is 4.19. The summed E-state index contributed by atoms with van der Waals surface area (Å²) in [4.78, 5) is 13.4. The summed E-state index contributed by atoms with van der Waals surface area (Å²) in [5.74, 6) is 1.66. The first kappa shape index (κ1) is 22.6. The van der Waals surface area contributed by atoms with Crippen molar-refractivity contribution in [3.05, 3.63) is 117 Å². The van der Waals surface area contributed by atoms with Crippen molar-refractivity contribution in [2.75, 3.05) is 14.2 Å². The molecule has 0 amide bonds. The van der Waals surface area contributed by atoms with Gasteiger partial charge in [0.2, 0.25) is 0 Å². The molecule has 0 radical (unpaired) electrons. The standard InChI is InChI=1S/C31H24O3S/c1-33-25-13-7-21(8-14-25)3-5-23-11-17-29-27(19-23)31(32)28-20-24(12-18-30(28)35-29)6-4-22-9-15-26(34-2)16-10-22/h3-20H,1-2H3/b5-3+,6-4+. The predicted octanol–water partition coefficient (Wildman–Crippen LogP) is 7.77. The van der Waals surface area contributed by atoms with Crippen molar-refractivity contribution in [3.8, 4) is 11.5 Å². The van der Waals surface area contributed by atoms with Gasteiger partial charge in [0, 0.05) is 20.2 Å². The van der Waals surface area contributed by atoms with E-state index in [2.05, 4.69) is 12.1 Å². The first-order valence-corrected chi connectivity index (χ1v) is 12.1. The molecule has 1 aromatic heterocycles. The molecule has 0 fully saturated rings. The monoisotopic (exact) mass is 476 g/mol. The number of hydrogen-bond acceptors (Lipinski definition) is 4. The molecule has 0 bridgehead atoms. The van der Waals surface area contributed by atoms with Crippen molar-refractivity contribution >= 4 is 55.8 Å². The third-order valence-electron chi connectivity index (χ3n) is 5.88. The van der Waals surface area contributed by atoms with Crippen molar-refractivity contribution in [1.82, 2.24) is 0 Å². The van der Waals surface area contributed by atoms with Gasteiger partial charge >= 0.3 is 0 Å². The molecular formula is C31H24O3S. The van der Waals surface area contributed by atoms with Gasteiger partial charge in [0.05, 0.1) is 14.2 Å². The van der Waals surface area contributed by atoms with Crippen molar-refractivity contribution in [3.63, 3.8) is 0 Å². The fourth-order valence-electron chi connectivity index (χ4n) is 3.91. The topological polar surface area (TPSA) is 35.5 Å². The van der Waals surface area contributed by atoms with Gasteiger partial charge in [0.25, 0.3) is 0 Å². The fraction of sp³-hybridized carbons (Fsp3) is 0.0645. The first-order valence-electron chi connectivity index (χ1n) is 11.3. The van der Waals surface area contributed by atoms with E-state index in [1.165, 1.54) is 0 Å². The highest BCUT2D eigenvalue weighted by Gasteiger charge is 2.07. The molecule has 0 saturated carbocycles. The van der Waals surface area contributed by atoms with Gasteiger partial charge in [-0.2, -0.15) is 0 Å². The molecule has 35 heavy (non-hydrogen) atoms. The van der Waals surface area contributed by atoms with E-state index in [1.54, 1.807) is 25.6 Å². The maximum Gasteiger partial charge on any atom is 0.195 e. The van der Waals surface area contributed by atoms with E-state index < -0.39 is 0 Å². The summed E-state index contributed by atoms with van der Waals surface area (Å²) >= 11 is 1.64. The second-order valence-electron chi connectivity index (χ2n) is 8.16. The SMILES string of the molecule is COc1ccc(/C=C/c2ccc3sc4ccc(/C=C/c5ccc(OC)cc5)cc4c(=O)c3c2)cc1. The molecule has 0 unspecified atom stereocenters. The van der Waals surface area contributed by atoms with Crippen LogP contribution in [0.3, 0.4) is 0 Å². The van der Waals surface area contributed by atoms with Crippen LogP contribution in [0.5, 0.6) is 11.5 Å². The van der Waals surface area contributed by atoms with E-state index in [1.807, 2.05) is 97.1 Å². The van der Waals surface area contributed by atoms with E-state index in [0.29, 0.717) is 0 Å². The molecule has 0 atom stereocenters. The van der Waals surface area contributed by atoms with Crippen molar-refractivity contribution in [2.24, 2.45) is 0 Å². The molecule has 4 heteroatoms. The summed E-state index contributed by atoms with van der Waals surface area (Å²) in [5, 5.41) is 1.49. The first-order chi connectivity index (χ1) is 17.1. The Labute approximate surface area is 208 Å². The van der Waals surface area contributed by atoms with Crippen molar-refractivity contribution < 1.29 is 9.47 Å². The van der Waals surface area contributed by atoms with Crippen molar-refractivity contribution in [2.45, 2.75) is 0 Å². The van der Waals surface area contributed by atoms with E-state index in [-0.39, 0.29) is 5.43 Å². The van der Waals surface area contributed by atoms with Crippen LogP contribution in [0.25, 0.3) is 44.5 Å². The predicted molar refractivity (Wildman–Crippen MR) is 149 cm³/mol. The molecule has 172 valence electrons. The number of ether oxygens (including phenoxy) is 2. The Hall–Kier alpha value is -4.15. The van der Waals surface area contributed by atoms with Crippen LogP contribution < -0.4 is 14.9 Å². The summed E-state index contributed by atoms with van der Waals surface area (Å²) in [6.07, 6.45) is 8.14. The molecule has 0 N–H and O–H groups in total. The number of methoxy groups -OCH3 is 2. The van der Waals surface area contributed by atoms with Gasteiger partial charge in [-0.05, 0) is 70.8 Å². The third kappa shape index (κ3) is 5.03. The lowest BCUT2D eigenvalue weighted by Crippen LogP contribution is -2.01. The van der Waals surface area contributed by atoms with Crippen LogP contribution in [0.4, 0.5) is 0 Å². The quantitative estimate of drug-likeness (QED) is 0.185. The average Bonchev–Trinajstić information content (AvgIpc) is 2.91. The average molecular weight is 477 g/mol. The van der Waals surface area contributed by atoms with Gasteiger partial charge in [0.15, 0.2) is 5.43 Å². The molecule has 1 heterocycles. The Morgan fingerprint density at radius 2 is 0.914 bits per heavy atom. The Morgan fingerprint density at radius 1 is 0.543 bits per heavy atom. The maximum absolute atomic E-state index is 13.4. The highest BCUT2D eigenvalue weighted by atomic mass is 32.1. The molecule has 5 aromatic rings. The minimum atomic E-state index is 0.0631. The van der Waals surface area contributed by atoms with Crippen LogP contribution in [0.15, 0.2) is 89.7 Å². The molecule has 0 aliphatic rings. The summed E-state index contributed by atoms with van der Waals surface area (Å²) in [6, 6.07) is 27.9. The lowest BCUT2D eigenvalue weighted by molar-refractivity contribution is 0.414. The van der Waals surface area contributed by atoms with E-state index >= 15 is 0 Å². The molecular weight excluding hydrogens is 452 g/mol. The molecule has 4 aromatic carbocycles. The summed E-state index contributed by atoms with van der Waals surface area (Å²) in [7, 11) is 3.32. The van der Waals surface area contributed by atoms with Crippen LogP contribution in [-0.4, -0.2) is 14.2 Å². The second-order valence-corrected chi connectivity index (χ2v) is 9.24. The number of fused-ring (bicyclic) bond motifs is 2. The Bertz CT molecular complexity index is 1490. The van der Waals surface area contributed by atoms with Gasteiger partial charge in [-0.25, -0.2) is 0 Å². The number of benzene rings is 4. The summed E-state index contributed by atoms with van der Waals surface area (Å²) in [6.45, 7) is 0. The van der Waals surface area contributed by atoms with Gasteiger partial charge in [0.1, 0.15) is 11.5 Å². The van der Waals surface area contributed by atoms with Crippen LogP contribution in [0.1, 0.15) is 22.3 Å². The molecule has 0 spiro atoms. The normalized spacial score (nSPS) is 11.6. The Morgan fingerprint density at radius 3 is 1.31 bits per heavy atom. The van der Waals surface area contributed by atoms with Crippen LogP contribution >= 0.6 is 11.3 Å². The van der Waals surface area contributed by atoms with Gasteiger partial charge in [-0.3, -0.25) is 4.79 Å². The largest absolute Gasteiger partial charge is 0.497 e. The van der Waals surface area contributed by atoms with Crippen molar-refractivity contribution in [1.29, 1.82) is 0 Å². The second kappa shape index (κ2) is 10.00. The number of hydrogen-bond donors (Lipinski definition) is 0. The van der Waals surface area contributed by atoms with Gasteiger partial charge in [-0.15, -0.1) is 11.3 Å². The third-order valence-corrected chi connectivity index (χ3v) is 7.04. The summed E-state index contributed by atoms with van der Waals surface area (Å²) < 4.78 is 12.4. The number of rotatable bonds is 6. The molecule has 5 rings (SSSR count). The molecule has 0 aliphatic carbocycles. The Balaban J connectivity index is 1.46. The Kier molecular flexibility index (Phi) is 6.47. The highest BCUT2D eigenvalue weighted by Crippen LogP contribution is 2.27. The molecule has 0 saturated heterocycles. The zero-order valence-electron chi connectivity index (χ0n) is 19.5. The van der Waals surface area contributed by atoms with Gasteiger partial charge < -0.3 is 9.47 Å². The minimum Gasteiger partial charge on any atom is -0.497 e. The van der Waals surface area contributed by atoms with E-state index in [0.717, 1.165) is 53.9 Å². The lowest BCUT2D eigenvalue weighted by Gasteiger charge is -2.04. The van der Waals surface area contributed by atoms with Crippen LogP contribution in [0.2, 0.25) is 0 Å². The highest BCUT2D eigenvalue weighted by molar-refractivity contribution is 7.24. The van der Waals surface area contributed by atoms with Crippen LogP contribution in [-0.2, 0) is 0 Å². The zero-order valence-corrected chi connectivity index (χ0v) is 20.3.